The van der Waals surface area contributed by atoms with Crippen LogP contribution in [0, 0.1) is 0 Å². The lowest BCUT2D eigenvalue weighted by atomic mass is 10.2. The number of benzene rings is 2. The van der Waals surface area contributed by atoms with Crippen LogP contribution in [0.4, 0.5) is 11.4 Å². The fourth-order valence-electron chi connectivity index (χ4n) is 2.45. The van der Waals surface area contributed by atoms with E-state index in [1.165, 1.54) is 0 Å². The Labute approximate surface area is 157 Å². The van der Waals surface area contributed by atoms with Crippen LogP contribution in [0.3, 0.4) is 0 Å². The van der Waals surface area contributed by atoms with Crippen molar-refractivity contribution in [2.45, 2.75) is 26.0 Å². The van der Waals surface area contributed by atoms with Crippen LogP contribution in [0.5, 0.6) is 0 Å². The van der Waals surface area contributed by atoms with Gasteiger partial charge in [-0.05, 0) is 29.8 Å². The van der Waals surface area contributed by atoms with Gasteiger partial charge in [0, 0.05) is 32.4 Å². The fourth-order valence-corrected chi connectivity index (χ4v) is 2.45. The Balaban J connectivity index is 2.10. The molecule has 0 spiro atoms. The van der Waals surface area contributed by atoms with Crippen LogP contribution < -0.4 is 15.2 Å². The van der Waals surface area contributed by atoms with Crippen molar-refractivity contribution >= 4 is 17.6 Å². The van der Waals surface area contributed by atoms with E-state index in [0.29, 0.717) is 19.1 Å². The predicted octanol–water partition coefficient (Wildman–Crippen LogP) is 2.95. The molecule has 26 heavy (non-hydrogen) atoms. The molecule has 0 saturated carbocycles. The number of hydrazone groups is 1. The first kappa shape index (κ1) is 19.9. The van der Waals surface area contributed by atoms with E-state index in [0.717, 1.165) is 16.9 Å². The number of hydrogen-bond donors (Lipinski definition) is 2. The van der Waals surface area contributed by atoms with E-state index in [4.69, 9.17) is 0 Å². The van der Waals surface area contributed by atoms with Gasteiger partial charge in [-0.2, -0.15) is 5.10 Å². The summed E-state index contributed by atoms with van der Waals surface area (Å²) in [6.45, 7) is 5.10. The zero-order chi connectivity index (χ0) is 18.9. The van der Waals surface area contributed by atoms with Crippen LogP contribution in [0.1, 0.15) is 19.4 Å². The third-order valence-electron chi connectivity index (χ3n) is 3.96. The summed E-state index contributed by atoms with van der Waals surface area (Å²) < 4.78 is 0. The summed E-state index contributed by atoms with van der Waals surface area (Å²) in [5.41, 5.74) is 3.13. The van der Waals surface area contributed by atoms with Gasteiger partial charge >= 0.3 is 0 Å². The summed E-state index contributed by atoms with van der Waals surface area (Å²) in [4.78, 5) is 2.06. The molecule has 5 nitrogen and oxygen atoms in total. The first-order chi connectivity index (χ1) is 12.5. The van der Waals surface area contributed by atoms with Crippen LogP contribution in [-0.2, 0) is 0 Å². The summed E-state index contributed by atoms with van der Waals surface area (Å²) >= 11 is 0. The number of aliphatic hydroxyl groups is 1. The van der Waals surface area contributed by atoms with Crippen LogP contribution >= 0.6 is 0 Å². The largest absolute Gasteiger partial charge is 0.390 e. The van der Waals surface area contributed by atoms with Crippen molar-refractivity contribution in [1.82, 2.24) is 5.32 Å². The topological polar surface area (TPSA) is 51.1 Å². The average molecular weight is 354 g/mol. The van der Waals surface area contributed by atoms with Crippen molar-refractivity contribution in [3.8, 4) is 0 Å². The van der Waals surface area contributed by atoms with Gasteiger partial charge < -0.3 is 15.3 Å². The highest BCUT2D eigenvalue weighted by Crippen LogP contribution is 2.15. The van der Waals surface area contributed by atoms with Crippen LogP contribution in [0.15, 0.2) is 59.7 Å². The average Bonchev–Trinajstić information content (AvgIpc) is 2.64. The van der Waals surface area contributed by atoms with E-state index in [2.05, 4.69) is 41.3 Å². The predicted molar refractivity (Wildman–Crippen MR) is 111 cm³/mol. The number of nitrogens with zero attached hydrogens (tertiary/aromatic N) is 3. The van der Waals surface area contributed by atoms with Crippen molar-refractivity contribution in [1.29, 1.82) is 0 Å². The van der Waals surface area contributed by atoms with E-state index >= 15 is 0 Å². The zero-order valence-corrected chi connectivity index (χ0v) is 16.1. The van der Waals surface area contributed by atoms with Crippen LogP contribution in [0.2, 0.25) is 0 Å². The summed E-state index contributed by atoms with van der Waals surface area (Å²) in [7, 11) is 4.04. The number of hydrogen-bond acceptors (Lipinski definition) is 5. The van der Waals surface area contributed by atoms with Gasteiger partial charge in [0.05, 0.1) is 24.6 Å². The Hall–Kier alpha value is -2.37. The molecular weight excluding hydrogens is 324 g/mol. The second-order valence-corrected chi connectivity index (χ2v) is 6.86. The second kappa shape index (κ2) is 9.94. The Morgan fingerprint density at radius 1 is 1.00 bits per heavy atom. The lowest BCUT2D eigenvalue weighted by Gasteiger charge is -2.23. The van der Waals surface area contributed by atoms with Crippen LogP contribution in [0.25, 0.3) is 0 Å². The molecule has 0 aromatic heterocycles. The molecule has 0 saturated heterocycles. The summed E-state index contributed by atoms with van der Waals surface area (Å²) in [6.07, 6.45) is 1.32. The highest BCUT2D eigenvalue weighted by molar-refractivity contribution is 5.81. The van der Waals surface area contributed by atoms with Crippen molar-refractivity contribution in [3.05, 3.63) is 60.2 Å². The summed E-state index contributed by atoms with van der Waals surface area (Å²) in [6, 6.07) is 18.5. The first-order valence-electron chi connectivity index (χ1n) is 9.01. The maximum absolute atomic E-state index is 10.3. The first-order valence-corrected chi connectivity index (χ1v) is 9.01. The van der Waals surface area contributed by atoms with Crippen molar-refractivity contribution in [2.24, 2.45) is 5.10 Å². The van der Waals surface area contributed by atoms with E-state index in [9.17, 15) is 5.11 Å². The van der Waals surface area contributed by atoms with Gasteiger partial charge in [-0.25, -0.2) is 0 Å². The van der Waals surface area contributed by atoms with Gasteiger partial charge in [-0.3, -0.25) is 5.01 Å². The van der Waals surface area contributed by atoms with Gasteiger partial charge in [0.25, 0.3) is 0 Å². The molecule has 0 aliphatic carbocycles. The van der Waals surface area contributed by atoms with Crippen molar-refractivity contribution in [2.75, 3.05) is 37.1 Å². The fraction of sp³-hybridized carbons (Fsp3) is 0.381. The number of anilines is 2. The molecule has 0 bridgehead atoms. The van der Waals surface area contributed by atoms with Gasteiger partial charge in [0.2, 0.25) is 0 Å². The zero-order valence-electron chi connectivity index (χ0n) is 16.1. The van der Waals surface area contributed by atoms with E-state index in [1.54, 1.807) is 0 Å². The quantitative estimate of drug-likeness (QED) is 0.537. The molecule has 0 aliphatic rings. The third-order valence-corrected chi connectivity index (χ3v) is 3.96. The van der Waals surface area contributed by atoms with Crippen LogP contribution in [-0.4, -0.2) is 50.7 Å². The Kier molecular flexibility index (Phi) is 7.63. The smallest absolute Gasteiger partial charge is 0.0860 e. The molecule has 0 heterocycles. The molecule has 2 aromatic rings. The summed E-state index contributed by atoms with van der Waals surface area (Å²) in [5, 5.41) is 20.1. The molecule has 5 heteroatoms. The molecular formula is C21H30N4O. The number of nitrogens with one attached hydrogen (secondary N) is 1. The van der Waals surface area contributed by atoms with Gasteiger partial charge in [-0.15, -0.1) is 0 Å². The normalized spacial score (nSPS) is 12.5. The molecule has 0 amide bonds. The molecule has 2 rings (SSSR count). The van der Waals surface area contributed by atoms with E-state index in [1.807, 2.05) is 67.8 Å². The molecule has 0 radical (unpaired) electrons. The van der Waals surface area contributed by atoms with Gasteiger partial charge in [0.15, 0.2) is 0 Å². The lowest BCUT2D eigenvalue weighted by Crippen LogP contribution is -2.38. The molecule has 0 aliphatic heterocycles. The summed E-state index contributed by atoms with van der Waals surface area (Å²) in [5.74, 6) is 0. The number of para-hydroxylation sites is 1. The standard InChI is InChI=1S/C21H30N4O/c1-17(2)22-15-21(26)16-25(20-8-6-5-7-9-20)23-14-18-10-12-19(13-11-18)24(3)4/h5-14,17,21-22,26H,15-16H2,1-4H3. The minimum Gasteiger partial charge on any atom is -0.390 e. The molecule has 140 valence electrons. The SMILES string of the molecule is CC(C)NCC(O)CN(N=Cc1ccc(N(C)C)cc1)c1ccccc1. The third kappa shape index (κ3) is 6.50. The highest BCUT2D eigenvalue weighted by atomic mass is 16.3. The monoisotopic (exact) mass is 354 g/mol. The van der Waals surface area contributed by atoms with Crippen molar-refractivity contribution in [3.63, 3.8) is 0 Å². The van der Waals surface area contributed by atoms with E-state index in [-0.39, 0.29) is 0 Å². The van der Waals surface area contributed by atoms with Gasteiger partial charge in [-0.1, -0.05) is 44.2 Å². The maximum atomic E-state index is 10.3. The Morgan fingerprint density at radius 2 is 1.65 bits per heavy atom. The molecule has 1 unspecified atom stereocenters. The Morgan fingerprint density at radius 3 is 2.23 bits per heavy atom. The minimum atomic E-state index is -0.508. The van der Waals surface area contributed by atoms with E-state index < -0.39 is 6.10 Å². The second-order valence-electron chi connectivity index (χ2n) is 6.86. The molecule has 0 fully saturated rings. The van der Waals surface area contributed by atoms with Gasteiger partial charge in [0.1, 0.15) is 0 Å². The molecule has 2 N–H and O–H groups in total. The minimum absolute atomic E-state index is 0.341. The number of rotatable bonds is 9. The Bertz CT molecular complexity index is 668. The van der Waals surface area contributed by atoms with Crippen molar-refractivity contribution < 1.29 is 5.11 Å². The number of aliphatic hydroxyl groups excluding tert-OH is 1. The lowest BCUT2D eigenvalue weighted by molar-refractivity contribution is 0.174. The molecule has 1 atom stereocenters. The maximum Gasteiger partial charge on any atom is 0.0860 e. The molecule has 2 aromatic carbocycles. The highest BCUT2D eigenvalue weighted by Gasteiger charge is 2.12.